The summed E-state index contributed by atoms with van der Waals surface area (Å²) < 4.78 is 35.9. The first-order valence-corrected chi connectivity index (χ1v) is 3.56. The molecule has 4 heteroatoms. The van der Waals surface area contributed by atoms with Crippen LogP contribution in [-0.4, -0.2) is 5.11 Å². The Kier molecular flexibility index (Phi) is 3.08. The van der Waals surface area contributed by atoms with Crippen molar-refractivity contribution >= 4 is 0 Å². The highest BCUT2D eigenvalue weighted by molar-refractivity contribution is 5.23. The van der Waals surface area contributed by atoms with E-state index in [1.54, 1.807) is 6.07 Å². The Labute approximate surface area is 73.1 Å². The second kappa shape index (κ2) is 4.09. The van der Waals surface area contributed by atoms with Crippen molar-refractivity contribution in [2.24, 2.45) is 0 Å². The summed E-state index contributed by atoms with van der Waals surface area (Å²) in [5.41, 5.74) is 0.104. The fraction of sp³-hybridized carbons (Fsp3) is 0.111. The van der Waals surface area contributed by atoms with Crippen LogP contribution in [0, 0.1) is 0 Å². The lowest BCUT2D eigenvalue weighted by atomic mass is 10.1. The molecule has 1 N–H and O–H groups in total. The van der Waals surface area contributed by atoms with Crippen molar-refractivity contribution in [2.45, 2.75) is 6.10 Å². The molecule has 0 aliphatic rings. The van der Waals surface area contributed by atoms with Crippen LogP contribution in [0.5, 0.6) is 0 Å². The van der Waals surface area contributed by atoms with Crippen LogP contribution in [0.15, 0.2) is 42.2 Å². The van der Waals surface area contributed by atoms with Gasteiger partial charge in [-0.1, -0.05) is 30.3 Å². The molecule has 0 radical (unpaired) electrons. The molecule has 13 heavy (non-hydrogen) atoms. The monoisotopic (exact) mass is 188 g/mol. The largest absolute Gasteiger partial charge is 0.381 e. The molecular weight excluding hydrogens is 181 g/mol. The zero-order valence-corrected chi connectivity index (χ0v) is 6.55. The number of aliphatic hydroxyl groups excluding tert-OH is 1. The molecule has 0 amide bonds. The van der Waals surface area contributed by atoms with Crippen molar-refractivity contribution in [2.75, 3.05) is 0 Å². The van der Waals surface area contributed by atoms with E-state index >= 15 is 0 Å². The summed E-state index contributed by atoms with van der Waals surface area (Å²) in [5.74, 6) is -1.80. The minimum Gasteiger partial charge on any atom is -0.381 e. The predicted molar refractivity (Wildman–Crippen MR) is 41.8 cm³/mol. The Hall–Kier alpha value is -1.29. The minimum absolute atomic E-state index is 0.104. The van der Waals surface area contributed by atoms with E-state index in [1.165, 1.54) is 24.3 Å². The molecule has 0 heterocycles. The van der Waals surface area contributed by atoms with Crippen LogP contribution < -0.4 is 0 Å². The molecule has 1 atom stereocenters. The van der Waals surface area contributed by atoms with Gasteiger partial charge in [-0.3, -0.25) is 0 Å². The number of halogens is 3. The molecule has 1 nitrogen and oxygen atoms in total. The summed E-state index contributed by atoms with van der Waals surface area (Å²) in [7, 11) is 0. The zero-order valence-electron chi connectivity index (χ0n) is 6.55. The van der Waals surface area contributed by atoms with E-state index in [0.717, 1.165) is 0 Å². The average molecular weight is 188 g/mol. The maximum absolute atomic E-state index is 12.5. The van der Waals surface area contributed by atoms with Crippen molar-refractivity contribution in [3.8, 4) is 0 Å². The Morgan fingerprint density at radius 1 is 1.08 bits per heavy atom. The molecule has 0 saturated heterocycles. The van der Waals surface area contributed by atoms with Gasteiger partial charge in [0.25, 0.3) is 0 Å². The van der Waals surface area contributed by atoms with Gasteiger partial charge in [-0.15, -0.1) is 0 Å². The second-order valence-electron chi connectivity index (χ2n) is 2.42. The highest BCUT2D eigenvalue weighted by Crippen LogP contribution is 2.25. The van der Waals surface area contributed by atoms with Crippen LogP contribution >= 0.6 is 0 Å². The third kappa shape index (κ3) is 2.32. The molecular formula is C9H7F3O. The fourth-order valence-electron chi connectivity index (χ4n) is 0.885. The van der Waals surface area contributed by atoms with E-state index in [2.05, 4.69) is 0 Å². The molecule has 0 unspecified atom stereocenters. The Bertz CT molecular complexity index is 304. The van der Waals surface area contributed by atoms with Crippen molar-refractivity contribution in [3.63, 3.8) is 0 Å². The summed E-state index contributed by atoms with van der Waals surface area (Å²) in [6, 6.07) is 7.44. The van der Waals surface area contributed by atoms with E-state index in [0.29, 0.717) is 0 Å². The smallest absolute Gasteiger partial charge is 0.304 e. The lowest BCUT2D eigenvalue weighted by Gasteiger charge is -2.06. The lowest BCUT2D eigenvalue weighted by Crippen LogP contribution is -1.98. The van der Waals surface area contributed by atoms with Crippen LogP contribution in [0.1, 0.15) is 11.7 Å². The van der Waals surface area contributed by atoms with Gasteiger partial charge in [0.05, 0.1) is 0 Å². The summed E-state index contributed by atoms with van der Waals surface area (Å²) >= 11 is 0. The summed E-state index contributed by atoms with van der Waals surface area (Å²) in [6.07, 6.45) is -4.36. The van der Waals surface area contributed by atoms with Gasteiger partial charge in [0.15, 0.2) is 5.83 Å². The van der Waals surface area contributed by atoms with Crippen molar-refractivity contribution in [1.29, 1.82) is 0 Å². The van der Waals surface area contributed by atoms with Gasteiger partial charge >= 0.3 is 6.08 Å². The Morgan fingerprint density at radius 2 is 1.62 bits per heavy atom. The van der Waals surface area contributed by atoms with Crippen LogP contribution in [0.2, 0.25) is 0 Å². The molecule has 0 aliphatic heterocycles. The van der Waals surface area contributed by atoms with E-state index in [9.17, 15) is 13.2 Å². The van der Waals surface area contributed by atoms with E-state index in [1.807, 2.05) is 0 Å². The number of rotatable bonds is 2. The first kappa shape index (κ1) is 9.80. The van der Waals surface area contributed by atoms with E-state index in [4.69, 9.17) is 5.11 Å². The second-order valence-corrected chi connectivity index (χ2v) is 2.42. The molecule has 1 aromatic carbocycles. The number of hydrogen-bond donors (Lipinski definition) is 1. The van der Waals surface area contributed by atoms with Gasteiger partial charge in [0.1, 0.15) is 6.10 Å². The third-order valence-electron chi connectivity index (χ3n) is 1.54. The highest BCUT2D eigenvalue weighted by Gasteiger charge is 2.17. The van der Waals surface area contributed by atoms with Crippen molar-refractivity contribution < 1.29 is 18.3 Å². The van der Waals surface area contributed by atoms with Crippen molar-refractivity contribution in [1.82, 2.24) is 0 Å². The quantitative estimate of drug-likeness (QED) is 0.756. The van der Waals surface area contributed by atoms with Gasteiger partial charge in [0.2, 0.25) is 0 Å². The van der Waals surface area contributed by atoms with Crippen LogP contribution in [0.25, 0.3) is 0 Å². The van der Waals surface area contributed by atoms with E-state index in [-0.39, 0.29) is 5.56 Å². The molecule has 0 aromatic heterocycles. The number of aliphatic hydroxyl groups is 1. The molecule has 1 aromatic rings. The normalized spacial score (nSPS) is 12.3. The molecule has 70 valence electrons. The number of benzene rings is 1. The molecule has 0 saturated carbocycles. The van der Waals surface area contributed by atoms with Gasteiger partial charge in [-0.05, 0) is 5.56 Å². The van der Waals surface area contributed by atoms with Crippen LogP contribution in [0.3, 0.4) is 0 Å². The van der Waals surface area contributed by atoms with E-state index < -0.39 is 18.0 Å². The first-order chi connectivity index (χ1) is 6.13. The predicted octanol–water partition coefficient (Wildman–Crippen LogP) is 2.80. The fourth-order valence-corrected chi connectivity index (χ4v) is 0.885. The van der Waals surface area contributed by atoms with Crippen molar-refractivity contribution in [3.05, 3.63) is 47.8 Å². The standard InChI is InChI=1S/C9H7F3O/c10-7(9(11)12)8(13)6-4-2-1-3-5-6/h1-5,8,13H/t8-/m0/s1. The van der Waals surface area contributed by atoms with Gasteiger partial charge < -0.3 is 5.11 Å². The van der Waals surface area contributed by atoms with Crippen LogP contribution in [-0.2, 0) is 0 Å². The molecule has 0 spiro atoms. The first-order valence-electron chi connectivity index (χ1n) is 3.56. The maximum Gasteiger partial charge on any atom is 0.304 e. The number of hydrogen-bond acceptors (Lipinski definition) is 1. The average Bonchev–Trinajstić information content (AvgIpc) is 2.17. The summed E-state index contributed by atoms with van der Waals surface area (Å²) in [4.78, 5) is 0. The molecule has 0 fully saturated rings. The maximum atomic E-state index is 12.5. The third-order valence-corrected chi connectivity index (χ3v) is 1.54. The Balaban J connectivity index is 2.93. The highest BCUT2D eigenvalue weighted by atomic mass is 19.3. The lowest BCUT2D eigenvalue weighted by molar-refractivity contribution is 0.171. The van der Waals surface area contributed by atoms with Gasteiger partial charge in [-0.2, -0.15) is 8.78 Å². The van der Waals surface area contributed by atoms with Gasteiger partial charge in [-0.25, -0.2) is 4.39 Å². The zero-order chi connectivity index (χ0) is 9.84. The van der Waals surface area contributed by atoms with Gasteiger partial charge in [0, 0.05) is 0 Å². The summed E-state index contributed by atoms with van der Waals surface area (Å²) in [5, 5.41) is 9.05. The molecule has 0 aliphatic carbocycles. The topological polar surface area (TPSA) is 20.2 Å². The van der Waals surface area contributed by atoms with Crippen LogP contribution in [0.4, 0.5) is 13.2 Å². The molecule has 0 bridgehead atoms. The summed E-state index contributed by atoms with van der Waals surface area (Å²) in [6.45, 7) is 0. The minimum atomic E-state index is -2.49. The SMILES string of the molecule is O[C@H](C(F)=C(F)F)c1ccccc1. The Morgan fingerprint density at radius 3 is 2.08 bits per heavy atom. The molecule has 1 rings (SSSR count).